The molecular formula is C16H24BrN3O. The van der Waals surface area contributed by atoms with Crippen molar-refractivity contribution >= 4 is 21.8 Å². The zero-order valence-corrected chi connectivity index (χ0v) is 14.5. The van der Waals surface area contributed by atoms with E-state index in [9.17, 15) is 4.79 Å². The Morgan fingerprint density at radius 3 is 2.81 bits per heavy atom. The lowest BCUT2D eigenvalue weighted by Crippen LogP contribution is -2.42. The molecule has 3 unspecified atom stereocenters. The average molecular weight is 354 g/mol. The Balaban J connectivity index is 2.23. The van der Waals surface area contributed by atoms with E-state index in [1.54, 1.807) is 7.05 Å². The van der Waals surface area contributed by atoms with Gasteiger partial charge in [0.05, 0.1) is 5.41 Å². The maximum Gasteiger partial charge on any atom is 0.227 e. The van der Waals surface area contributed by atoms with Crippen molar-refractivity contribution in [3.63, 3.8) is 0 Å². The molecule has 1 aliphatic rings. The summed E-state index contributed by atoms with van der Waals surface area (Å²) >= 11 is 3.52. The van der Waals surface area contributed by atoms with Gasteiger partial charge in [-0.25, -0.2) is 0 Å². The summed E-state index contributed by atoms with van der Waals surface area (Å²) in [6.45, 7) is 5.69. The molecule has 0 saturated carbocycles. The standard InChI is InChI=1S/C16H24BrN3O/c1-11(18)14(12-5-4-6-13(17)9-12)20-8-7-16(2,10-20)15(21)19-3/h4-6,9,11,14H,7-8,10,18H2,1-3H3,(H,19,21). The van der Waals surface area contributed by atoms with Crippen LogP contribution in [0.2, 0.25) is 0 Å². The number of likely N-dealkylation sites (tertiary alicyclic amines) is 1. The van der Waals surface area contributed by atoms with E-state index < -0.39 is 0 Å². The first-order valence-electron chi connectivity index (χ1n) is 7.34. The Labute approximate surface area is 135 Å². The largest absolute Gasteiger partial charge is 0.359 e. The van der Waals surface area contributed by atoms with Crippen LogP contribution in [0.3, 0.4) is 0 Å². The highest BCUT2D eigenvalue weighted by Gasteiger charge is 2.42. The van der Waals surface area contributed by atoms with Gasteiger partial charge in [-0.1, -0.05) is 28.1 Å². The van der Waals surface area contributed by atoms with Gasteiger partial charge >= 0.3 is 0 Å². The van der Waals surface area contributed by atoms with Crippen LogP contribution in [0.4, 0.5) is 0 Å². The van der Waals surface area contributed by atoms with E-state index in [1.165, 1.54) is 5.56 Å². The summed E-state index contributed by atoms with van der Waals surface area (Å²) in [6, 6.07) is 8.40. The van der Waals surface area contributed by atoms with E-state index in [1.807, 2.05) is 26.0 Å². The first kappa shape index (κ1) is 16.5. The molecule has 1 fully saturated rings. The molecule has 21 heavy (non-hydrogen) atoms. The first-order chi connectivity index (χ1) is 9.87. The third-order valence-electron chi connectivity index (χ3n) is 4.36. The Morgan fingerprint density at radius 2 is 2.24 bits per heavy atom. The van der Waals surface area contributed by atoms with Crippen LogP contribution in [0.25, 0.3) is 0 Å². The van der Waals surface area contributed by atoms with Crippen molar-refractivity contribution < 1.29 is 4.79 Å². The zero-order valence-electron chi connectivity index (χ0n) is 12.9. The van der Waals surface area contributed by atoms with Crippen LogP contribution < -0.4 is 11.1 Å². The number of hydrogen-bond acceptors (Lipinski definition) is 3. The van der Waals surface area contributed by atoms with Gasteiger partial charge in [-0.15, -0.1) is 0 Å². The third kappa shape index (κ3) is 3.47. The van der Waals surface area contributed by atoms with Crippen molar-refractivity contribution in [3.8, 4) is 0 Å². The van der Waals surface area contributed by atoms with E-state index in [-0.39, 0.29) is 23.4 Å². The van der Waals surface area contributed by atoms with Gasteiger partial charge in [-0.2, -0.15) is 0 Å². The average Bonchev–Trinajstić information content (AvgIpc) is 2.81. The van der Waals surface area contributed by atoms with E-state index in [0.29, 0.717) is 0 Å². The van der Waals surface area contributed by atoms with Crippen molar-refractivity contribution in [2.45, 2.75) is 32.4 Å². The van der Waals surface area contributed by atoms with Gasteiger partial charge < -0.3 is 11.1 Å². The van der Waals surface area contributed by atoms with Crippen LogP contribution in [0.5, 0.6) is 0 Å². The Morgan fingerprint density at radius 1 is 1.52 bits per heavy atom. The Bertz CT molecular complexity index is 520. The second-order valence-corrected chi connectivity index (χ2v) is 7.13. The van der Waals surface area contributed by atoms with Gasteiger partial charge in [-0.3, -0.25) is 9.69 Å². The monoisotopic (exact) mass is 353 g/mol. The second-order valence-electron chi connectivity index (χ2n) is 6.22. The van der Waals surface area contributed by atoms with Gasteiger partial charge in [0.1, 0.15) is 0 Å². The molecule has 116 valence electrons. The van der Waals surface area contributed by atoms with Crippen LogP contribution in [-0.2, 0) is 4.79 Å². The summed E-state index contributed by atoms with van der Waals surface area (Å²) in [4.78, 5) is 14.4. The highest BCUT2D eigenvalue weighted by Crippen LogP contribution is 2.37. The van der Waals surface area contributed by atoms with Crippen molar-refractivity contribution in [1.29, 1.82) is 0 Å². The van der Waals surface area contributed by atoms with E-state index >= 15 is 0 Å². The molecule has 1 saturated heterocycles. The highest BCUT2D eigenvalue weighted by atomic mass is 79.9. The minimum Gasteiger partial charge on any atom is -0.359 e. The smallest absolute Gasteiger partial charge is 0.227 e. The molecule has 5 heteroatoms. The van der Waals surface area contributed by atoms with Crippen LogP contribution in [0.15, 0.2) is 28.7 Å². The molecule has 1 heterocycles. The van der Waals surface area contributed by atoms with Crippen LogP contribution >= 0.6 is 15.9 Å². The number of rotatable bonds is 4. The summed E-state index contributed by atoms with van der Waals surface area (Å²) in [7, 11) is 1.70. The third-order valence-corrected chi connectivity index (χ3v) is 4.85. The van der Waals surface area contributed by atoms with E-state index in [2.05, 4.69) is 38.3 Å². The van der Waals surface area contributed by atoms with E-state index in [4.69, 9.17) is 5.73 Å². The molecule has 0 radical (unpaired) electrons. The fraction of sp³-hybridized carbons (Fsp3) is 0.562. The van der Waals surface area contributed by atoms with E-state index in [0.717, 1.165) is 24.0 Å². The minimum absolute atomic E-state index is 0.00587. The summed E-state index contributed by atoms with van der Waals surface area (Å²) in [5.74, 6) is 0.114. The fourth-order valence-electron chi connectivity index (χ4n) is 3.26. The van der Waals surface area contributed by atoms with Crippen molar-refractivity contribution in [3.05, 3.63) is 34.3 Å². The summed E-state index contributed by atoms with van der Waals surface area (Å²) < 4.78 is 1.05. The van der Waals surface area contributed by atoms with Gasteiger partial charge in [0, 0.05) is 30.1 Å². The van der Waals surface area contributed by atoms with Gasteiger partial charge in [0.15, 0.2) is 0 Å². The predicted molar refractivity (Wildman–Crippen MR) is 88.9 cm³/mol. The van der Waals surface area contributed by atoms with Crippen LogP contribution in [0, 0.1) is 5.41 Å². The number of carbonyl (C=O) groups is 1. The van der Waals surface area contributed by atoms with Crippen molar-refractivity contribution in [1.82, 2.24) is 10.2 Å². The lowest BCUT2D eigenvalue weighted by molar-refractivity contribution is -0.129. The number of nitrogens with one attached hydrogen (secondary N) is 1. The minimum atomic E-state index is -0.325. The van der Waals surface area contributed by atoms with Gasteiger partial charge in [0.2, 0.25) is 5.91 Å². The topological polar surface area (TPSA) is 58.4 Å². The molecule has 3 N–H and O–H groups in total. The maximum atomic E-state index is 12.1. The number of benzene rings is 1. The molecule has 1 aliphatic heterocycles. The number of hydrogen-bond donors (Lipinski definition) is 2. The molecular weight excluding hydrogens is 330 g/mol. The number of carbonyl (C=O) groups excluding carboxylic acids is 1. The molecule has 0 aliphatic carbocycles. The summed E-state index contributed by atoms with van der Waals surface area (Å²) in [5, 5.41) is 2.78. The van der Waals surface area contributed by atoms with Crippen LogP contribution in [0.1, 0.15) is 31.9 Å². The fourth-order valence-corrected chi connectivity index (χ4v) is 3.68. The maximum absolute atomic E-state index is 12.1. The lowest BCUT2D eigenvalue weighted by atomic mass is 9.88. The Hall–Kier alpha value is -0.910. The SMILES string of the molecule is CNC(=O)C1(C)CCN(C(c2cccc(Br)c2)C(C)N)C1. The second kappa shape index (κ2) is 6.46. The van der Waals surface area contributed by atoms with Crippen molar-refractivity contribution in [2.75, 3.05) is 20.1 Å². The summed E-state index contributed by atoms with van der Waals surface area (Å²) in [6.07, 6.45) is 0.865. The Kier molecular flexibility index (Phi) is 5.07. The summed E-state index contributed by atoms with van der Waals surface area (Å²) in [5.41, 5.74) is 7.11. The predicted octanol–water partition coefficient (Wildman–Crippen LogP) is 2.30. The number of halogens is 1. The number of nitrogens with two attached hydrogens (primary N) is 1. The van der Waals surface area contributed by atoms with Gasteiger partial charge in [-0.05, 0) is 44.5 Å². The number of amides is 1. The quantitative estimate of drug-likeness (QED) is 0.872. The molecule has 3 atom stereocenters. The molecule has 0 aromatic heterocycles. The molecule has 2 rings (SSSR count). The lowest BCUT2D eigenvalue weighted by Gasteiger charge is -2.32. The molecule has 1 aromatic carbocycles. The highest BCUT2D eigenvalue weighted by molar-refractivity contribution is 9.10. The first-order valence-corrected chi connectivity index (χ1v) is 8.14. The molecule has 4 nitrogen and oxygen atoms in total. The molecule has 1 aromatic rings. The molecule has 1 amide bonds. The number of nitrogens with zero attached hydrogens (tertiary/aromatic N) is 1. The molecule has 0 bridgehead atoms. The van der Waals surface area contributed by atoms with Gasteiger partial charge in [0.25, 0.3) is 0 Å². The molecule has 0 spiro atoms. The van der Waals surface area contributed by atoms with Crippen LogP contribution in [-0.4, -0.2) is 37.0 Å². The zero-order chi connectivity index (χ0) is 15.6. The van der Waals surface area contributed by atoms with Crippen molar-refractivity contribution in [2.24, 2.45) is 11.1 Å². The normalized spacial score (nSPS) is 25.6.